The topological polar surface area (TPSA) is 98.0 Å². The summed E-state index contributed by atoms with van der Waals surface area (Å²) in [6, 6.07) is 0. The van der Waals surface area contributed by atoms with Crippen molar-refractivity contribution in [1.29, 1.82) is 0 Å². The number of rotatable bonds is 2. The second-order valence-corrected chi connectivity index (χ2v) is 3.51. The van der Waals surface area contributed by atoms with Gasteiger partial charge in [-0.2, -0.15) is 8.42 Å². The first-order valence-corrected chi connectivity index (χ1v) is 4.48. The molecule has 0 unspecified atom stereocenters. The van der Waals surface area contributed by atoms with Gasteiger partial charge in [0, 0.05) is 11.5 Å². The smallest absolute Gasteiger partial charge is 0.259 e. The van der Waals surface area contributed by atoms with Crippen LogP contribution in [0, 0.1) is 0 Å². The van der Waals surface area contributed by atoms with Crippen molar-refractivity contribution in [2.45, 2.75) is 0 Å². The molecule has 0 saturated heterocycles. The lowest BCUT2D eigenvalue weighted by atomic mass is 10.9. The Morgan fingerprint density at radius 1 is 1.70 bits per heavy atom. The number of hydrogen-bond acceptors (Lipinski definition) is 5. The lowest BCUT2D eigenvalue weighted by Gasteiger charge is -1.94. The Hall–Kier alpha value is -0.730. The summed E-state index contributed by atoms with van der Waals surface area (Å²) in [6.07, 6.45) is 1.27. The van der Waals surface area contributed by atoms with Gasteiger partial charge in [-0.1, -0.05) is 4.49 Å². The Morgan fingerprint density at radius 2 is 2.40 bits per heavy atom. The molecule has 0 amide bonds. The number of nitrogens with zero attached hydrogens (tertiary/aromatic N) is 2. The van der Waals surface area contributed by atoms with Crippen LogP contribution in [0.5, 0.6) is 0 Å². The fourth-order valence-corrected chi connectivity index (χ4v) is 1.46. The van der Waals surface area contributed by atoms with Crippen LogP contribution < -0.4 is 9.86 Å². The minimum Gasteiger partial charge on any atom is -0.259 e. The Morgan fingerprint density at radius 3 is 2.80 bits per heavy atom. The van der Waals surface area contributed by atoms with Crippen LogP contribution in [0.2, 0.25) is 0 Å². The number of aromatic nitrogens is 2. The Kier molecular flexibility index (Phi) is 1.83. The van der Waals surface area contributed by atoms with Crippen LogP contribution in [-0.2, 0) is 10.2 Å². The third kappa shape index (κ3) is 2.25. The van der Waals surface area contributed by atoms with Gasteiger partial charge in [0.15, 0.2) is 0 Å². The highest BCUT2D eigenvalue weighted by molar-refractivity contribution is 7.90. The molecule has 0 aliphatic heterocycles. The summed E-state index contributed by atoms with van der Waals surface area (Å²) in [5.74, 6) is 0. The molecule has 10 heavy (non-hydrogen) atoms. The highest BCUT2D eigenvalue weighted by Crippen LogP contribution is 2.08. The van der Waals surface area contributed by atoms with Crippen LogP contribution >= 0.6 is 11.5 Å². The summed E-state index contributed by atoms with van der Waals surface area (Å²) in [4.78, 5) is 0. The van der Waals surface area contributed by atoms with Gasteiger partial charge in [-0.05, 0) is 0 Å². The fraction of sp³-hybridized carbons (Fsp3) is 0. The second kappa shape index (κ2) is 2.48. The second-order valence-electron chi connectivity index (χ2n) is 1.43. The number of anilines is 1. The predicted octanol–water partition coefficient (Wildman–Crippen LogP) is -0.847. The largest absolute Gasteiger partial charge is 0.297 e. The van der Waals surface area contributed by atoms with E-state index < -0.39 is 10.2 Å². The van der Waals surface area contributed by atoms with Gasteiger partial charge >= 0.3 is 0 Å². The molecule has 0 aromatic carbocycles. The molecule has 0 saturated carbocycles. The van der Waals surface area contributed by atoms with Crippen LogP contribution in [0.15, 0.2) is 6.20 Å². The molecule has 0 fully saturated rings. The molecule has 0 radical (unpaired) electrons. The van der Waals surface area contributed by atoms with Crippen molar-refractivity contribution in [3.05, 3.63) is 6.20 Å². The standard InChI is InChI=1S/C2H4N4O2S2/c3-10(7,8)5-2-1-4-6-9-2/h1,5H,(H2,3,7,8). The molecule has 0 aliphatic rings. The van der Waals surface area contributed by atoms with Crippen LogP contribution in [0.25, 0.3) is 0 Å². The zero-order valence-corrected chi connectivity index (χ0v) is 6.32. The third-order valence-electron chi connectivity index (χ3n) is 0.604. The van der Waals surface area contributed by atoms with E-state index in [2.05, 4.69) is 14.7 Å². The summed E-state index contributed by atoms with van der Waals surface area (Å²) in [6.45, 7) is 0. The first-order valence-electron chi connectivity index (χ1n) is 2.16. The van der Waals surface area contributed by atoms with Gasteiger partial charge in [-0.25, -0.2) is 5.14 Å². The van der Waals surface area contributed by atoms with E-state index in [1.54, 1.807) is 0 Å². The number of hydrogen-bond donors (Lipinski definition) is 2. The average Bonchev–Trinajstić information content (AvgIpc) is 2.12. The van der Waals surface area contributed by atoms with Crippen molar-refractivity contribution in [2.24, 2.45) is 5.14 Å². The van der Waals surface area contributed by atoms with E-state index in [1.807, 2.05) is 4.72 Å². The monoisotopic (exact) mass is 180 g/mol. The number of nitrogens with one attached hydrogen (secondary N) is 1. The molecule has 1 rings (SSSR count). The summed E-state index contributed by atoms with van der Waals surface area (Å²) in [7, 11) is -3.67. The van der Waals surface area contributed by atoms with Gasteiger partial charge in [0.2, 0.25) is 0 Å². The van der Waals surface area contributed by atoms with Crippen molar-refractivity contribution in [2.75, 3.05) is 4.72 Å². The molecule has 0 aliphatic carbocycles. The van der Waals surface area contributed by atoms with Crippen molar-refractivity contribution >= 4 is 26.7 Å². The number of nitrogens with two attached hydrogens (primary N) is 1. The first kappa shape index (κ1) is 7.38. The maximum Gasteiger partial charge on any atom is 0.297 e. The zero-order valence-electron chi connectivity index (χ0n) is 4.68. The summed E-state index contributed by atoms with van der Waals surface area (Å²) >= 11 is 0.918. The van der Waals surface area contributed by atoms with E-state index in [-0.39, 0.29) is 0 Å². The summed E-state index contributed by atoms with van der Waals surface area (Å²) in [5.41, 5.74) is 0. The lowest BCUT2D eigenvalue weighted by Crippen LogP contribution is -2.20. The van der Waals surface area contributed by atoms with Crippen molar-refractivity contribution < 1.29 is 8.42 Å². The maximum absolute atomic E-state index is 10.3. The lowest BCUT2D eigenvalue weighted by molar-refractivity contribution is 0.603. The molecule has 0 bridgehead atoms. The fourth-order valence-electron chi connectivity index (χ4n) is 0.352. The van der Waals surface area contributed by atoms with Crippen molar-refractivity contribution in [3.8, 4) is 0 Å². The zero-order chi connectivity index (χ0) is 7.61. The normalized spacial score (nSPS) is 11.3. The molecule has 8 heteroatoms. The van der Waals surface area contributed by atoms with Gasteiger partial charge in [0.1, 0.15) is 5.00 Å². The van der Waals surface area contributed by atoms with Gasteiger partial charge < -0.3 is 0 Å². The highest BCUT2D eigenvalue weighted by Gasteiger charge is 2.02. The van der Waals surface area contributed by atoms with Gasteiger partial charge in [0.05, 0.1) is 6.20 Å². The van der Waals surface area contributed by atoms with E-state index >= 15 is 0 Å². The molecule has 1 aromatic rings. The molecule has 6 nitrogen and oxygen atoms in total. The molecule has 1 aromatic heterocycles. The van der Waals surface area contributed by atoms with Crippen LogP contribution in [0.1, 0.15) is 0 Å². The first-order chi connectivity index (χ1) is 4.58. The Balaban J connectivity index is 2.75. The third-order valence-corrected chi connectivity index (χ3v) is 1.82. The van der Waals surface area contributed by atoms with Crippen molar-refractivity contribution in [3.63, 3.8) is 0 Å². The minimum absolute atomic E-state index is 0.308. The minimum atomic E-state index is -3.67. The Labute approximate surface area is 61.4 Å². The van der Waals surface area contributed by atoms with E-state index in [4.69, 9.17) is 0 Å². The van der Waals surface area contributed by atoms with Crippen LogP contribution in [-0.4, -0.2) is 18.0 Å². The summed E-state index contributed by atoms with van der Waals surface area (Å²) < 4.78 is 26.1. The molecule has 56 valence electrons. The van der Waals surface area contributed by atoms with Crippen LogP contribution in [0.4, 0.5) is 5.00 Å². The molecule has 3 N–H and O–H groups in total. The molecule has 0 spiro atoms. The van der Waals surface area contributed by atoms with E-state index in [0.717, 1.165) is 11.5 Å². The average molecular weight is 180 g/mol. The predicted molar refractivity (Wildman–Crippen MR) is 36.6 cm³/mol. The quantitative estimate of drug-likeness (QED) is 0.619. The summed E-state index contributed by atoms with van der Waals surface area (Å²) in [5, 5.41) is 8.34. The van der Waals surface area contributed by atoms with E-state index in [0.29, 0.717) is 5.00 Å². The maximum atomic E-state index is 10.3. The van der Waals surface area contributed by atoms with Crippen molar-refractivity contribution in [1.82, 2.24) is 9.59 Å². The van der Waals surface area contributed by atoms with Gasteiger partial charge in [0.25, 0.3) is 10.2 Å². The molecule has 0 atom stereocenters. The van der Waals surface area contributed by atoms with E-state index in [9.17, 15) is 8.42 Å². The molecular weight excluding hydrogens is 176 g/mol. The highest BCUT2D eigenvalue weighted by atomic mass is 32.2. The molecule has 1 heterocycles. The van der Waals surface area contributed by atoms with Crippen LogP contribution in [0.3, 0.4) is 0 Å². The van der Waals surface area contributed by atoms with E-state index in [1.165, 1.54) is 6.20 Å². The van der Waals surface area contributed by atoms with Gasteiger partial charge in [-0.3, -0.25) is 4.72 Å². The Bertz CT molecular complexity index is 289. The molecular formula is C2H4N4O2S2. The van der Waals surface area contributed by atoms with Gasteiger partial charge in [-0.15, -0.1) is 5.10 Å². The SMILES string of the molecule is NS(=O)(=O)Nc1cnns1.